The van der Waals surface area contributed by atoms with Crippen LogP contribution >= 0.6 is 0 Å². The molecule has 1 atom stereocenters. The fraction of sp³-hybridized carbons (Fsp3) is 0.150. The molecule has 0 spiro atoms. The summed E-state index contributed by atoms with van der Waals surface area (Å²) < 4.78 is 11.3. The molecular weight excluding hydrogens is 420 g/mol. The van der Waals surface area contributed by atoms with Crippen molar-refractivity contribution in [2.75, 3.05) is 19.5 Å². The molecule has 1 N–H and O–H groups in total. The first-order valence-electron chi connectivity index (χ1n) is 9.25. The van der Waals surface area contributed by atoms with Gasteiger partial charge in [-0.25, -0.2) is 4.79 Å². The van der Waals surface area contributed by atoms with Crippen molar-refractivity contribution in [2.24, 2.45) is 0 Å². The number of benzene rings is 2. The van der Waals surface area contributed by atoms with Gasteiger partial charge < -0.3 is 14.8 Å². The number of para-hydroxylation sites is 1. The number of hydrogen-bond donors (Lipinski definition) is 1. The van der Waals surface area contributed by atoms with Crippen molar-refractivity contribution in [1.82, 2.24) is 20.2 Å². The Morgan fingerprint density at radius 2 is 1.94 bits per heavy atom. The van der Waals surface area contributed by atoms with Gasteiger partial charge in [0.1, 0.15) is 17.5 Å². The monoisotopic (exact) mass is 436 g/mol. The number of fused-ring (bicyclic) bond motifs is 1. The summed E-state index contributed by atoms with van der Waals surface area (Å²) in [6.45, 7) is 0. The normalized spacial score (nSPS) is 14.9. The highest BCUT2D eigenvalue weighted by molar-refractivity contribution is 6.15. The van der Waals surface area contributed by atoms with Crippen LogP contribution in [0.2, 0.25) is 0 Å². The lowest BCUT2D eigenvalue weighted by atomic mass is 9.88. The standard InChI is InChI=1S/C20H16N6O6/c1-31-12-7-5-6-11(10-12)18(27)15-16(19(28)32-2)21-20-22-23-24-25(20)17(15)13-8-3-4-9-14(13)26(29)30/h3-10,17H,1-2H3,(H,21,22,24)/t17-/m0/s1. The Morgan fingerprint density at radius 1 is 1.16 bits per heavy atom. The molecule has 1 aromatic heterocycles. The van der Waals surface area contributed by atoms with E-state index in [-0.39, 0.29) is 34.0 Å². The molecule has 0 aliphatic carbocycles. The van der Waals surface area contributed by atoms with Gasteiger partial charge in [-0.3, -0.25) is 14.9 Å². The zero-order chi connectivity index (χ0) is 22.8. The molecule has 1 aliphatic rings. The second-order valence-electron chi connectivity index (χ2n) is 6.63. The lowest BCUT2D eigenvalue weighted by Crippen LogP contribution is -2.33. The average molecular weight is 436 g/mol. The lowest BCUT2D eigenvalue weighted by Gasteiger charge is -2.27. The van der Waals surface area contributed by atoms with Crippen molar-refractivity contribution < 1.29 is 24.0 Å². The molecule has 32 heavy (non-hydrogen) atoms. The maximum absolute atomic E-state index is 13.7. The molecule has 0 unspecified atom stereocenters. The van der Waals surface area contributed by atoms with Crippen LogP contribution in [0.5, 0.6) is 5.75 Å². The third-order valence-electron chi connectivity index (χ3n) is 4.91. The number of hydrogen-bond acceptors (Lipinski definition) is 10. The summed E-state index contributed by atoms with van der Waals surface area (Å²) >= 11 is 0. The zero-order valence-corrected chi connectivity index (χ0v) is 16.9. The first kappa shape index (κ1) is 20.7. The third-order valence-corrected chi connectivity index (χ3v) is 4.91. The van der Waals surface area contributed by atoms with E-state index in [1.807, 2.05) is 0 Å². The van der Waals surface area contributed by atoms with Crippen LogP contribution in [0.25, 0.3) is 0 Å². The number of aromatic nitrogens is 4. The van der Waals surface area contributed by atoms with Crippen LogP contribution in [0, 0.1) is 10.1 Å². The predicted molar refractivity (Wildman–Crippen MR) is 109 cm³/mol. The number of carbonyl (C=O) groups is 2. The van der Waals surface area contributed by atoms with Crippen molar-refractivity contribution in [3.05, 3.63) is 81.0 Å². The van der Waals surface area contributed by atoms with Crippen LogP contribution < -0.4 is 10.1 Å². The summed E-state index contributed by atoms with van der Waals surface area (Å²) in [6.07, 6.45) is 0. The fourth-order valence-corrected chi connectivity index (χ4v) is 3.48. The maximum atomic E-state index is 13.7. The van der Waals surface area contributed by atoms with Gasteiger partial charge >= 0.3 is 5.97 Å². The number of nitrogens with zero attached hydrogens (tertiary/aromatic N) is 5. The first-order valence-corrected chi connectivity index (χ1v) is 9.25. The first-order chi connectivity index (χ1) is 15.5. The highest BCUT2D eigenvalue weighted by Gasteiger charge is 2.41. The molecule has 2 heterocycles. The van der Waals surface area contributed by atoms with Crippen LogP contribution in [0.15, 0.2) is 59.8 Å². The van der Waals surface area contributed by atoms with Gasteiger partial charge in [-0.15, -0.1) is 0 Å². The number of nitro benzene ring substituents is 1. The molecule has 162 valence electrons. The van der Waals surface area contributed by atoms with Gasteiger partial charge in [-0.1, -0.05) is 29.4 Å². The highest BCUT2D eigenvalue weighted by Crippen LogP contribution is 2.40. The number of allylic oxidation sites excluding steroid dienone is 1. The number of nitro groups is 1. The largest absolute Gasteiger partial charge is 0.497 e. The van der Waals surface area contributed by atoms with Crippen molar-refractivity contribution >= 4 is 23.4 Å². The Morgan fingerprint density at radius 3 is 2.66 bits per heavy atom. The number of ether oxygens (including phenoxy) is 2. The number of esters is 1. The van der Waals surface area contributed by atoms with Gasteiger partial charge in [0.2, 0.25) is 5.95 Å². The predicted octanol–water partition coefficient (Wildman–Crippen LogP) is 1.91. The third kappa shape index (κ3) is 3.43. The van der Waals surface area contributed by atoms with E-state index in [0.29, 0.717) is 5.75 Å². The summed E-state index contributed by atoms with van der Waals surface area (Å²) in [5, 5.41) is 25.8. The topological polar surface area (TPSA) is 151 Å². The number of ketones is 1. The minimum atomic E-state index is -1.17. The number of anilines is 1. The van der Waals surface area contributed by atoms with Crippen LogP contribution in [0.4, 0.5) is 11.6 Å². The Bertz CT molecular complexity index is 1270. The van der Waals surface area contributed by atoms with E-state index in [4.69, 9.17) is 9.47 Å². The minimum absolute atomic E-state index is 0.0238. The maximum Gasteiger partial charge on any atom is 0.355 e. The van der Waals surface area contributed by atoms with Crippen LogP contribution in [0.1, 0.15) is 22.0 Å². The van der Waals surface area contributed by atoms with Gasteiger partial charge in [-0.2, -0.15) is 4.68 Å². The molecule has 0 bridgehead atoms. The van der Waals surface area contributed by atoms with Crippen LogP contribution in [-0.4, -0.2) is 51.1 Å². The molecule has 3 aromatic rings. The number of carbonyl (C=O) groups excluding carboxylic acids is 2. The van der Waals surface area contributed by atoms with Gasteiger partial charge in [0.05, 0.1) is 30.3 Å². The van der Waals surface area contributed by atoms with Crippen molar-refractivity contribution in [1.29, 1.82) is 0 Å². The van der Waals surface area contributed by atoms with E-state index in [1.165, 1.54) is 36.1 Å². The van der Waals surface area contributed by atoms with Crippen LogP contribution in [0.3, 0.4) is 0 Å². The molecule has 0 radical (unpaired) electrons. The molecule has 0 amide bonds. The number of methoxy groups -OCH3 is 2. The zero-order valence-electron chi connectivity index (χ0n) is 16.9. The molecule has 12 heteroatoms. The van der Waals surface area contributed by atoms with E-state index < -0.39 is 22.7 Å². The summed E-state index contributed by atoms with van der Waals surface area (Å²) in [5.74, 6) is -0.990. The Kier molecular flexibility index (Phi) is 5.33. The molecule has 1 aliphatic heterocycles. The molecular formula is C20H16N6O6. The summed E-state index contributed by atoms with van der Waals surface area (Å²) in [5.41, 5.74) is -0.270. The Balaban J connectivity index is 2.00. The smallest absolute Gasteiger partial charge is 0.355 e. The van der Waals surface area contributed by atoms with Gasteiger partial charge in [0.15, 0.2) is 5.78 Å². The summed E-state index contributed by atoms with van der Waals surface area (Å²) in [7, 11) is 2.61. The lowest BCUT2D eigenvalue weighted by molar-refractivity contribution is -0.385. The van der Waals surface area contributed by atoms with Crippen molar-refractivity contribution in [3.63, 3.8) is 0 Å². The average Bonchev–Trinajstić information content (AvgIpc) is 3.30. The molecule has 0 saturated carbocycles. The van der Waals surface area contributed by atoms with Gasteiger partial charge in [0.25, 0.3) is 5.69 Å². The van der Waals surface area contributed by atoms with Crippen molar-refractivity contribution in [2.45, 2.75) is 6.04 Å². The molecule has 2 aromatic carbocycles. The molecule has 4 rings (SSSR count). The summed E-state index contributed by atoms with van der Waals surface area (Å²) in [6, 6.07) is 11.0. The number of rotatable bonds is 6. The quantitative estimate of drug-likeness (QED) is 0.262. The molecule has 0 saturated heterocycles. The van der Waals surface area contributed by atoms with Gasteiger partial charge in [0, 0.05) is 11.6 Å². The van der Waals surface area contributed by atoms with Crippen molar-refractivity contribution in [3.8, 4) is 5.75 Å². The molecule has 0 fully saturated rings. The molecule has 12 nitrogen and oxygen atoms in total. The summed E-state index contributed by atoms with van der Waals surface area (Å²) in [4.78, 5) is 37.5. The van der Waals surface area contributed by atoms with Gasteiger partial charge in [-0.05, 0) is 28.6 Å². The number of tetrazole rings is 1. The number of Topliss-reactive ketones (excluding diaryl/α,β-unsaturated/α-hetero) is 1. The highest BCUT2D eigenvalue weighted by atomic mass is 16.6. The second kappa shape index (κ2) is 8.26. The van der Waals surface area contributed by atoms with E-state index in [2.05, 4.69) is 20.8 Å². The second-order valence-corrected chi connectivity index (χ2v) is 6.63. The Labute approximate surface area is 180 Å². The fourth-order valence-electron chi connectivity index (χ4n) is 3.48. The van der Waals surface area contributed by atoms with Crippen LogP contribution in [-0.2, 0) is 9.53 Å². The SMILES string of the molecule is COC(=O)C1=C(C(=O)c2cccc(OC)c2)[C@H](c2ccccc2[N+](=O)[O-])n2nnnc2N1. The van der Waals surface area contributed by atoms with E-state index in [1.54, 1.807) is 24.3 Å². The number of nitrogens with one attached hydrogen (secondary N) is 1. The Hall–Kier alpha value is -4.61. The minimum Gasteiger partial charge on any atom is -0.497 e. The van der Waals surface area contributed by atoms with E-state index in [9.17, 15) is 19.7 Å². The van der Waals surface area contributed by atoms with E-state index >= 15 is 0 Å². The van der Waals surface area contributed by atoms with E-state index in [0.717, 1.165) is 7.11 Å².